The molecule has 0 heterocycles. The van der Waals surface area contributed by atoms with Gasteiger partial charge in [-0.15, -0.1) is 11.8 Å². The number of carboxylic acid groups (broad SMARTS) is 1. The first-order valence-electron chi connectivity index (χ1n) is 24.9. The molecule has 0 radical (unpaired) electrons. The fourth-order valence-corrected chi connectivity index (χ4v) is 8.30. The Labute approximate surface area is 404 Å². The SMILES string of the molecule is CCCCC/C=C\C\C=C/C=C/C=C/[C@@H](SC[C@H](N)C(=O)OC[C@H](COP(=O)([O-])OCC[N+](C)(C)C)OC(=O)CCCCCCCCC/C=C\CCCCCCCC)[C@@H](O)CCCC(=O)O. The minimum Gasteiger partial charge on any atom is -0.756 e. The van der Waals surface area contributed by atoms with Gasteiger partial charge in [-0.05, 0) is 64.2 Å². The Kier molecular flexibility index (Phi) is 40.9. The third-order valence-electron chi connectivity index (χ3n) is 10.5. The summed E-state index contributed by atoms with van der Waals surface area (Å²) in [4.78, 5) is 49.5. The number of nitrogens with zero attached hydrogens (tertiary/aromatic N) is 1. The summed E-state index contributed by atoms with van der Waals surface area (Å²) in [7, 11) is 0.900. The van der Waals surface area contributed by atoms with E-state index in [0.717, 1.165) is 44.9 Å². The minimum atomic E-state index is -4.77. The summed E-state index contributed by atoms with van der Waals surface area (Å²) in [5, 5.41) is 19.5. The van der Waals surface area contributed by atoms with Crippen molar-refractivity contribution in [2.24, 2.45) is 5.73 Å². The van der Waals surface area contributed by atoms with Crippen molar-refractivity contribution in [2.45, 2.75) is 191 Å². The number of carboxylic acids is 1. The lowest BCUT2D eigenvalue weighted by atomic mass is 10.1. The number of hydrogen-bond donors (Lipinski definition) is 3. The Morgan fingerprint density at radius 1 is 0.712 bits per heavy atom. The average molecular weight is 971 g/mol. The molecule has 0 aliphatic carbocycles. The van der Waals surface area contributed by atoms with E-state index in [0.29, 0.717) is 17.4 Å². The van der Waals surface area contributed by atoms with Crippen LogP contribution >= 0.6 is 19.6 Å². The molecule has 0 aromatic heterocycles. The summed E-state index contributed by atoms with van der Waals surface area (Å²) in [6.45, 7) is 3.61. The molecule has 0 bridgehead atoms. The second-order valence-electron chi connectivity index (χ2n) is 18.0. The van der Waals surface area contributed by atoms with E-state index in [9.17, 15) is 28.9 Å². The zero-order chi connectivity index (χ0) is 49.2. The van der Waals surface area contributed by atoms with Gasteiger partial charge in [0, 0.05) is 23.8 Å². The number of rotatable bonds is 45. The van der Waals surface area contributed by atoms with Crippen LogP contribution in [0.3, 0.4) is 0 Å². The van der Waals surface area contributed by atoms with E-state index in [4.69, 9.17) is 29.4 Å². The normalized spacial score (nSPS) is 15.3. The van der Waals surface area contributed by atoms with Gasteiger partial charge in [0.2, 0.25) is 0 Å². The number of carbonyl (C=O) groups excluding carboxylic acids is 2. The van der Waals surface area contributed by atoms with Gasteiger partial charge in [-0.25, -0.2) is 0 Å². The number of aliphatic carboxylic acids is 1. The van der Waals surface area contributed by atoms with E-state index in [1.54, 1.807) is 12.2 Å². The molecular weight excluding hydrogens is 880 g/mol. The zero-order valence-electron chi connectivity index (χ0n) is 41.5. The molecule has 0 amide bonds. The fourth-order valence-electron chi connectivity index (χ4n) is 6.44. The van der Waals surface area contributed by atoms with Crippen molar-refractivity contribution in [2.75, 3.05) is 53.3 Å². The fraction of sp³-hybridized carbons (Fsp3) is 0.745. The summed E-state index contributed by atoms with van der Waals surface area (Å²) < 4.78 is 34.0. The highest BCUT2D eigenvalue weighted by atomic mass is 32.2. The molecule has 5 atom stereocenters. The van der Waals surface area contributed by atoms with Gasteiger partial charge in [-0.2, -0.15) is 0 Å². The number of hydrogen-bond acceptors (Lipinski definition) is 12. The van der Waals surface area contributed by atoms with E-state index in [1.807, 2.05) is 45.4 Å². The van der Waals surface area contributed by atoms with Crippen LogP contribution in [-0.4, -0.2) is 109 Å². The lowest BCUT2D eigenvalue weighted by molar-refractivity contribution is -0.870. The molecule has 0 saturated heterocycles. The first kappa shape index (κ1) is 63.5. The van der Waals surface area contributed by atoms with Gasteiger partial charge in [-0.3, -0.25) is 18.9 Å². The number of phosphoric acid groups is 1. The number of likely N-dealkylation sites (N-methyl/N-ethyl adjacent to an activating group) is 1. The molecule has 0 saturated carbocycles. The minimum absolute atomic E-state index is 0.0469. The van der Waals surface area contributed by atoms with E-state index in [1.165, 1.54) is 88.8 Å². The smallest absolute Gasteiger partial charge is 0.323 e. The first-order valence-corrected chi connectivity index (χ1v) is 27.4. The molecular formula is C51H91N2O11PS. The van der Waals surface area contributed by atoms with E-state index in [-0.39, 0.29) is 38.0 Å². The number of esters is 2. The number of allylic oxidation sites excluding steroid dienone is 9. The summed E-state index contributed by atoms with van der Waals surface area (Å²) in [5.74, 6) is -2.29. The number of carbonyl (C=O) groups is 3. The standard InChI is InChI=1S/C51H91N2O11PS/c1-6-8-10-12-14-16-18-20-21-22-23-24-26-28-30-32-34-39-50(57)64-45(43-63-65(59,60)62-41-40-53(3,4)5)42-61-51(58)46(52)44-66-48(47(54)36-35-38-49(55)56)37-33-31-29-27-25-19-17-15-13-11-9-7-2/h15,17,20-21,25,27,29,31,33,37,45-48,54H,6-14,16,18-19,22-24,26,28,30,32,34-36,38-44,52H2,1-5H3,(H-,55,56,59,60)/b17-15-,21-20-,27-25-,31-29+,37-33+/t45-,46+,47+,48-/m1/s1. The molecule has 0 aliphatic rings. The van der Waals surface area contributed by atoms with E-state index in [2.05, 4.69) is 38.2 Å². The highest BCUT2D eigenvalue weighted by molar-refractivity contribution is 8.00. The third kappa shape index (κ3) is 42.8. The molecule has 0 rings (SSSR count). The van der Waals surface area contributed by atoms with Gasteiger partial charge in [0.15, 0.2) is 6.10 Å². The maximum absolute atomic E-state index is 13.1. The molecule has 4 N–H and O–H groups in total. The highest BCUT2D eigenvalue weighted by Gasteiger charge is 2.25. The van der Waals surface area contributed by atoms with Crippen LogP contribution in [0.4, 0.5) is 0 Å². The van der Waals surface area contributed by atoms with Crippen LogP contribution in [0.25, 0.3) is 0 Å². The van der Waals surface area contributed by atoms with Gasteiger partial charge in [0.1, 0.15) is 25.8 Å². The molecule has 0 aliphatic heterocycles. The Hall–Kier alpha value is -2.55. The van der Waals surface area contributed by atoms with Gasteiger partial charge in [-0.1, -0.05) is 152 Å². The van der Waals surface area contributed by atoms with Crippen LogP contribution in [0.2, 0.25) is 0 Å². The Balaban J connectivity index is 5.16. The quantitative estimate of drug-likeness (QED) is 0.0130. The second-order valence-corrected chi connectivity index (χ2v) is 20.7. The Morgan fingerprint density at radius 3 is 1.89 bits per heavy atom. The van der Waals surface area contributed by atoms with Crippen LogP contribution < -0.4 is 10.6 Å². The van der Waals surface area contributed by atoms with Crippen molar-refractivity contribution in [3.63, 3.8) is 0 Å². The maximum atomic E-state index is 13.1. The first-order chi connectivity index (χ1) is 31.6. The summed E-state index contributed by atoms with van der Waals surface area (Å²) in [5.41, 5.74) is 6.21. The number of aliphatic hydroxyl groups is 1. The number of unbranched alkanes of at least 4 members (excludes halogenated alkanes) is 16. The number of thioether (sulfide) groups is 1. The molecule has 15 heteroatoms. The monoisotopic (exact) mass is 971 g/mol. The van der Waals surface area contributed by atoms with Crippen molar-refractivity contribution in [1.82, 2.24) is 0 Å². The largest absolute Gasteiger partial charge is 0.756 e. The Bertz CT molecular complexity index is 1430. The number of phosphoric ester groups is 1. The molecule has 382 valence electrons. The van der Waals surface area contributed by atoms with Crippen LogP contribution in [0.1, 0.15) is 168 Å². The predicted octanol–water partition coefficient (Wildman–Crippen LogP) is 10.7. The zero-order valence-corrected chi connectivity index (χ0v) is 43.2. The summed E-state index contributed by atoms with van der Waals surface area (Å²) in [6.07, 6.45) is 41.4. The molecule has 0 aromatic rings. The molecule has 1 unspecified atom stereocenters. The van der Waals surface area contributed by atoms with E-state index < -0.39 is 62.4 Å². The molecule has 0 spiro atoms. The topological polar surface area (TPSA) is 195 Å². The lowest BCUT2D eigenvalue weighted by Crippen LogP contribution is -2.39. The molecule has 0 fully saturated rings. The van der Waals surface area contributed by atoms with Crippen LogP contribution in [0.15, 0.2) is 60.8 Å². The number of nitrogens with two attached hydrogens (primary N) is 1. The Morgan fingerprint density at radius 2 is 1.27 bits per heavy atom. The average Bonchev–Trinajstić information content (AvgIpc) is 3.26. The van der Waals surface area contributed by atoms with E-state index >= 15 is 0 Å². The second kappa shape index (κ2) is 42.5. The van der Waals surface area contributed by atoms with Crippen molar-refractivity contribution in [1.29, 1.82) is 0 Å². The van der Waals surface area contributed by atoms with Gasteiger partial charge in [0.05, 0.1) is 33.9 Å². The van der Waals surface area contributed by atoms with Crippen molar-refractivity contribution in [3.8, 4) is 0 Å². The summed E-state index contributed by atoms with van der Waals surface area (Å²) >= 11 is 1.22. The summed E-state index contributed by atoms with van der Waals surface area (Å²) in [6, 6.07) is -1.14. The van der Waals surface area contributed by atoms with Gasteiger partial charge >= 0.3 is 17.9 Å². The van der Waals surface area contributed by atoms with Gasteiger partial charge < -0.3 is 43.8 Å². The van der Waals surface area contributed by atoms with Crippen LogP contribution in [-0.2, 0) is 37.5 Å². The van der Waals surface area contributed by atoms with Gasteiger partial charge in [0.25, 0.3) is 7.82 Å². The highest BCUT2D eigenvalue weighted by Crippen LogP contribution is 2.38. The van der Waals surface area contributed by atoms with Crippen molar-refractivity contribution in [3.05, 3.63) is 60.8 Å². The maximum Gasteiger partial charge on any atom is 0.323 e. The number of aliphatic hydroxyl groups excluding tert-OH is 1. The molecule has 0 aromatic carbocycles. The molecule has 13 nitrogen and oxygen atoms in total. The number of ether oxygens (including phenoxy) is 2. The predicted molar refractivity (Wildman–Crippen MR) is 269 cm³/mol. The van der Waals surface area contributed by atoms with Crippen molar-refractivity contribution < 1.29 is 57.1 Å². The van der Waals surface area contributed by atoms with Crippen LogP contribution in [0.5, 0.6) is 0 Å². The third-order valence-corrected chi connectivity index (χ3v) is 12.9. The lowest BCUT2D eigenvalue weighted by Gasteiger charge is -2.28. The van der Waals surface area contributed by atoms with Crippen LogP contribution in [0, 0.1) is 0 Å². The van der Waals surface area contributed by atoms with Crippen molar-refractivity contribution >= 4 is 37.5 Å². The number of quaternary nitrogens is 1. The molecule has 66 heavy (non-hydrogen) atoms.